The maximum absolute atomic E-state index is 10.5. The van der Waals surface area contributed by atoms with Crippen molar-refractivity contribution >= 4 is 16.7 Å². The highest BCUT2D eigenvalue weighted by atomic mass is 16.2. The number of nitrogens with zero attached hydrogens (tertiary/aromatic N) is 1. The minimum atomic E-state index is 0.292. The first-order valence-electron chi connectivity index (χ1n) is 6.37. The number of hydrogen-bond donors (Lipinski definition) is 0. The summed E-state index contributed by atoms with van der Waals surface area (Å²) in [4.78, 5) is 12.3. The normalized spacial score (nSPS) is 14.6. The maximum Gasteiger partial charge on any atom is 0.222 e. The van der Waals surface area contributed by atoms with Crippen LogP contribution in [0.15, 0.2) is 42.5 Å². The summed E-state index contributed by atoms with van der Waals surface area (Å²) in [6.45, 7) is 3.10. The molecule has 1 fully saturated rings. The van der Waals surface area contributed by atoms with Crippen molar-refractivity contribution in [1.29, 1.82) is 0 Å². The molecule has 0 aromatic heterocycles. The maximum atomic E-state index is 10.5. The molecule has 3 rings (SSSR count). The van der Waals surface area contributed by atoms with Crippen molar-refractivity contribution in [3.8, 4) is 0 Å². The predicted octanol–water partition coefficient (Wildman–Crippen LogP) is 3.39. The van der Waals surface area contributed by atoms with Crippen molar-refractivity contribution in [3.05, 3.63) is 48.0 Å². The second kappa shape index (κ2) is 5.67. The number of amides is 1. The van der Waals surface area contributed by atoms with E-state index in [-0.39, 0.29) is 0 Å². The van der Waals surface area contributed by atoms with E-state index in [2.05, 4.69) is 49.4 Å². The fourth-order valence-corrected chi connectivity index (χ4v) is 2.17. The number of likely N-dealkylation sites (tertiary alicyclic amines) is 1. The molecular formula is C16H19NO. The van der Waals surface area contributed by atoms with Gasteiger partial charge >= 0.3 is 0 Å². The fourth-order valence-electron chi connectivity index (χ4n) is 2.17. The molecule has 2 aromatic rings. The van der Waals surface area contributed by atoms with Crippen LogP contribution in [0, 0.1) is 6.92 Å². The molecule has 1 heterocycles. The van der Waals surface area contributed by atoms with Gasteiger partial charge in [-0.15, -0.1) is 0 Å². The number of aryl methyl sites for hydroxylation is 1. The highest BCUT2D eigenvalue weighted by Gasteiger charge is 2.14. The lowest BCUT2D eigenvalue weighted by Crippen LogP contribution is -2.17. The van der Waals surface area contributed by atoms with E-state index in [9.17, 15) is 4.79 Å². The molecule has 1 amide bonds. The summed E-state index contributed by atoms with van der Waals surface area (Å²) in [7, 11) is 1.84. The van der Waals surface area contributed by atoms with Crippen molar-refractivity contribution < 1.29 is 4.79 Å². The van der Waals surface area contributed by atoms with Gasteiger partial charge in [0.05, 0.1) is 0 Å². The highest BCUT2D eigenvalue weighted by Crippen LogP contribution is 2.16. The Hall–Kier alpha value is -1.83. The van der Waals surface area contributed by atoms with Gasteiger partial charge in [-0.2, -0.15) is 0 Å². The Morgan fingerprint density at radius 1 is 1.06 bits per heavy atom. The van der Waals surface area contributed by atoms with E-state index in [0.29, 0.717) is 5.91 Å². The van der Waals surface area contributed by atoms with Crippen molar-refractivity contribution in [2.75, 3.05) is 13.6 Å². The molecule has 2 aromatic carbocycles. The Kier molecular flexibility index (Phi) is 3.98. The van der Waals surface area contributed by atoms with Gasteiger partial charge in [-0.25, -0.2) is 0 Å². The zero-order chi connectivity index (χ0) is 13.0. The molecule has 0 aliphatic carbocycles. The number of rotatable bonds is 0. The SMILES string of the molecule is CN1CCCC1=O.Cc1cccc2ccccc12. The zero-order valence-electron chi connectivity index (χ0n) is 11.0. The van der Waals surface area contributed by atoms with E-state index in [1.54, 1.807) is 4.90 Å². The number of fused-ring (bicyclic) bond motifs is 1. The first-order valence-corrected chi connectivity index (χ1v) is 6.37. The first kappa shape index (κ1) is 12.6. The molecule has 1 aliphatic heterocycles. The number of carbonyl (C=O) groups excluding carboxylic acids is 1. The third kappa shape index (κ3) is 2.89. The largest absolute Gasteiger partial charge is 0.346 e. The molecule has 1 aliphatic rings. The van der Waals surface area contributed by atoms with Crippen LogP contribution < -0.4 is 0 Å². The van der Waals surface area contributed by atoms with E-state index < -0.39 is 0 Å². The van der Waals surface area contributed by atoms with E-state index in [4.69, 9.17) is 0 Å². The molecule has 0 unspecified atom stereocenters. The van der Waals surface area contributed by atoms with Crippen LogP contribution in [0.25, 0.3) is 10.8 Å². The summed E-state index contributed by atoms with van der Waals surface area (Å²) in [5.74, 6) is 0.292. The molecule has 0 saturated carbocycles. The lowest BCUT2D eigenvalue weighted by atomic mass is 10.1. The minimum absolute atomic E-state index is 0.292. The standard InChI is InChI=1S/C11H10.C5H9NO/c1-9-5-4-7-10-6-2-3-8-11(9)10;1-6-4-2-3-5(6)7/h2-8H,1H3;2-4H2,1H3. The van der Waals surface area contributed by atoms with Crippen molar-refractivity contribution in [3.63, 3.8) is 0 Å². The monoisotopic (exact) mass is 241 g/mol. The Bertz CT molecular complexity index is 542. The van der Waals surface area contributed by atoms with Crippen LogP contribution in [0.4, 0.5) is 0 Å². The summed E-state index contributed by atoms with van der Waals surface area (Å²) >= 11 is 0. The zero-order valence-corrected chi connectivity index (χ0v) is 11.0. The van der Waals surface area contributed by atoms with Crippen LogP contribution in [-0.2, 0) is 4.79 Å². The lowest BCUT2D eigenvalue weighted by molar-refractivity contribution is -0.126. The van der Waals surface area contributed by atoms with Gasteiger partial charge in [0.2, 0.25) is 5.91 Å². The summed E-state index contributed by atoms with van der Waals surface area (Å²) < 4.78 is 0. The van der Waals surface area contributed by atoms with Crippen molar-refractivity contribution in [2.24, 2.45) is 0 Å². The average Bonchev–Trinajstić information content (AvgIpc) is 2.75. The molecule has 94 valence electrons. The Labute approximate surface area is 108 Å². The molecule has 0 radical (unpaired) electrons. The Morgan fingerprint density at radius 2 is 1.78 bits per heavy atom. The fraction of sp³-hybridized carbons (Fsp3) is 0.312. The molecular weight excluding hydrogens is 222 g/mol. The van der Waals surface area contributed by atoms with Crippen LogP contribution in [-0.4, -0.2) is 24.4 Å². The second-order valence-electron chi connectivity index (χ2n) is 4.71. The van der Waals surface area contributed by atoms with E-state index >= 15 is 0 Å². The van der Waals surface area contributed by atoms with E-state index in [1.807, 2.05) is 7.05 Å². The van der Waals surface area contributed by atoms with Crippen LogP contribution in [0.2, 0.25) is 0 Å². The van der Waals surface area contributed by atoms with Crippen LogP contribution in [0.5, 0.6) is 0 Å². The van der Waals surface area contributed by atoms with Gasteiger partial charge in [-0.05, 0) is 29.7 Å². The minimum Gasteiger partial charge on any atom is -0.346 e. The highest BCUT2D eigenvalue weighted by molar-refractivity contribution is 5.85. The van der Waals surface area contributed by atoms with Gasteiger partial charge in [0.1, 0.15) is 0 Å². The summed E-state index contributed by atoms with van der Waals surface area (Å²) in [5.41, 5.74) is 1.35. The topological polar surface area (TPSA) is 20.3 Å². The van der Waals surface area contributed by atoms with Crippen LogP contribution in [0.1, 0.15) is 18.4 Å². The number of carbonyl (C=O) groups is 1. The molecule has 2 nitrogen and oxygen atoms in total. The third-order valence-corrected chi connectivity index (χ3v) is 3.32. The Balaban J connectivity index is 0.000000149. The lowest BCUT2D eigenvalue weighted by Gasteiger charge is -2.03. The Morgan fingerprint density at radius 3 is 2.33 bits per heavy atom. The van der Waals surface area contributed by atoms with Crippen LogP contribution in [0.3, 0.4) is 0 Å². The quantitative estimate of drug-likeness (QED) is 0.692. The molecule has 0 N–H and O–H groups in total. The van der Waals surface area contributed by atoms with Gasteiger partial charge in [0.25, 0.3) is 0 Å². The molecule has 1 saturated heterocycles. The molecule has 2 heteroatoms. The summed E-state index contributed by atoms with van der Waals surface area (Å²) in [6, 6.07) is 14.8. The second-order valence-corrected chi connectivity index (χ2v) is 4.71. The van der Waals surface area contributed by atoms with Gasteiger partial charge in [-0.1, -0.05) is 42.5 Å². The third-order valence-electron chi connectivity index (χ3n) is 3.32. The van der Waals surface area contributed by atoms with Crippen LogP contribution >= 0.6 is 0 Å². The average molecular weight is 241 g/mol. The molecule has 18 heavy (non-hydrogen) atoms. The summed E-state index contributed by atoms with van der Waals surface area (Å²) in [6.07, 6.45) is 1.81. The van der Waals surface area contributed by atoms with Gasteiger partial charge in [0.15, 0.2) is 0 Å². The van der Waals surface area contributed by atoms with Gasteiger partial charge in [-0.3, -0.25) is 4.79 Å². The summed E-state index contributed by atoms with van der Waals surface area (Å²) in [5, 5.41) is 2.68. The van der Waals surface area contributed by atoms with Gasteiger partial charge in [0, 0.05) is 20.0 Å². The number of benzene rings is 2. The van der Waals surface area contributed by atoms with Crippen molar-refractivity contribution in [1.82, 2.24) is 4.90 Å². The molecule has 0 atom stereocenters. The van der Waals surface area contributed by atoms with Crippen molar-refractivity contribution in [2.45, 2.75) is 19.8 Å². The number of hydrogen-bond acceptors (Lipinski definition) is 1. The van der Waals surface area contributed by atoms with Gasteiger partial charge < -0.3 is 4.90 Å². The predicted molar refractivity (Wildman–Crippen MR) is 75.6 cm³/mol. The van der Waals surface area contributed by atoms with E-state index in [1.165, 1.54) is 16.3 Å². The van der Waals surface area contributed by atoms with E-state index in [0.717, 1.165) is 19.4 Å². The first-order chi connectivity index (χ1) is 8.68. The molecule has 0 bridgehead atoms. The smallest absolute Gasteiger partial charge is 0.222 e. The molecule has 0 spiro atoms.